The van der Waals surface area contributed by atoms with Gasteiger partial charge in [-0.2, -0.15) is 4.98 Å². The summed E-state index contributed by atoms with van der Waals surface area (Å²) >= 11 is 1.34. The highest BCUT2D eigenvalue weighted by atomic mass is 32.2. The molecule has 0 unspecified atom stereocenters. The molecule has 0 atom stereocenters. The fourth-order valence-electron chi connectivity index (χ4n) is 2.64. The van der Waals surface area contributed by atoms with Crippen molar-refractivity contribution >= 4 is 11.8 Å². The van der Waals surface area contributed by atoms with Crippen LogP contribution in [0.5, 0.6) is 5.88 Å². The maximum atomic E-state index is 5.08. The van der Waals surface area contributed by atoms with Crippen molar-refractivity contribution in [2.75, 3.05) is 7.11 Å². The summed E-state index contributed by atoms with van der Waals surface area (Å²) in [5.41, 5.74) is 0. The lowest BCUT2D eigenvalue weighted by molar-refractivity contribution is 0.392. The van der Waals surface area contributed by atoms with E-state index in [1.165, 1.54) is 43.9 Å². The van der Waals surface area contributed by atoms with Crippen LogP contribution in [-0.4, -0.2) is 32.3 Å². The summed E-state index contributed by atoms with van der Waals surface area (Å²) in [6.07, 6.45) is 9.35. The van der Waals surface area contributed by atoms with Crippen molar-refractivity contribution in [1.82, 2.24) is 25.1 Å². The summed E-state index contributed by atoms with van der Waals surface area (Å²) in [6, 6.07) is 1.72. The Bertz CT molecular complexity index is 582. The van der Waals surface area contributed by atoms with Crippen molar-refractivity contribution in [3.63, 3.8) is 0 Å². The summed E-state index contributed by atoms with van der Waals surface area (Å²) in [5, 5.41) is 8.48. The van der Waals surface area contributed by atoms with Crippen LogP contribution in [-0.2, 0) is 6.42 Å². The third-order valence-electron chi connectivity index (χ3n) is 3.77. The van der Waals surface area contributed by atoms with E-state index in [1.54, 1.807) is 19.4 Å². The Labute approximate surface area is 128 Å². The van der Waals surface area contributed by atoms with Gasteiger partial charge in [-0.05, 0) is 24.1 Å². The molecule has 2 heterocycles. The van der Waals surface area contributed by atoms with Crippen molar-refractivity contribution in [2.45, 2.75) is 48.8 Å². The number of aryl methyl sites for hydroxylation is 1. The highest BCUT2D eigenvalue weighted by Crippen LogP contribution is 2.28. The summed E-state index contributed by atoms with van der Waals surface area (Å²) in [4.78, 5) is 12.9. The van der Waals surface area contributed by atoms with Gasteiger partial charge in [0.1, 0.15) is 5.82 Å². The minimum absolute atomic E-state index is 0.546. The maximum absolute atomic E-state index is 5.08. The van der Waals surface area contributed by atoms with Crippen LogP contribution in [0.15, 0.2) is 22.6 Å². The fourth-order valence-corrected chi connectivity index (χ4v) is 3.30. The van der Waals surface area contributed by atoms with Gasteiger partial charge in [0.05, 0.1) is 7.11 Å². The predicted octanol–water partition coefficient (Wildman–Crippen LogP) is 2.88. The Morgan fingerprint density at radius 3 is 2.95 bits per heavy atom. The van der Waals surface area contributed by atoms with E-state index in [1.807, 2.05) is 0 Å². The number of hydrogen-bond acceptors (Lipinski definition) is 6. The van der Waals surface area contributed by atoms with Gasteiger partial charge in [-0.1, -0.05) is 25.7 Å². The number of H-pyrrole nitrogens is 1. The molecule has 1 saturated carbocycles. The van der Waals surface area contributed by atoms with E-state index in [0.717, 1.165) is 18.2 Å². The van der Waals surface area contributed by atoms with E-state index in [4.69, 9.17) is 4.74 Å². The van der Waals surface area contributed by atoms with Crippen LogP contribution in [0.1, 0.15) is 37.9 Å². The highest BCUT2D eigenvalue weighted by Gasteiger charge is 2.16. The Kier molecular flexibility index (Phi) is 4.69. The summed E-state index contributed by atoms with van der Waals surface area (Å²) < 4.78 is 5.08. The number of methoxy groups -OCH3 is 1. The average Bonchev–Trinajstić information content (AvgIpc) is 3.17. The smallest absolute Gasteiger partial charge is 0.217 e. The molecule has 0 saturated heterocycles. The second kappa shape index (κ2) is 6.89. The van der Waals surface area contributed by atoms with Crippen LogP contribution in [0.2, 0.25) is 0 Å². The third kappa shape index (κ3) is 3.93. The number of hydrogen-bond donors (Lipinski definition) is 1. The minimum atomic E-state index is 0.546. The number of aromatic nitrogens is 5. The van der Waals surface area contributed by atoms with Gasteiger partial charge in [0.25, 0.3) is 0 Å². The van der Waals surface area contributed by atoms with Crippen molar-refractivity contribution in [3.8, 4) is 5.88 Å². The molecule has 1 fully saturated rings. The minimum Gasteiger partial charge on any atom is -0.481 e. The normalized spacial score (nSPS) is 15.5. The van der Waals surface area contributed by atoms with Crippen LogP contribution >= 0.6 is 11.8 Å². The molecule has 0 aliphatic heterocycles. The SMILES string of the molecule is COc1ccnc(Sc2n[nH]c(CCC3CCCC3)n2)n1. The van der Waals surface area contributed by atoms with Crippen molar-refractivity contribution in [1.29, 1.82) is 0 Å². The first-order chi connectivity index (χ1) is 10.3. The molecular formula is C14H19N5OS. The molecule has 2 aromatic rings. The third-order valence-corrected chi connectivity index (χ3v) is 4.52. The molecule has 7 heteroatoms. The van der Waals surface area contributed by atoms with E-state index in [0.29, 0.717) is 16.2 Å². The van der Waals surface area contributed by atoms with Crippen molar-refractivity contribution < 1.29 is 4.74 Å². The summed E-state index contributed by atoms with van der Waals surface area (Å²) in [5.74, 6) is 2.37. The zero-order chi connectivity index (χ0) is 14.5. The van der Waals surface area contributed by atoms with E-state index in [2.05, 4.69) is 25.1 Å². The standard InChI is InChI=1S/C14H19N5OS/c1-20-12-8-9-15-13(17-12)21-14-16-11(18-19-14)7-6-10-4-2-3-5-10/h8-10H,2-7H2,1H3,(H,16,18,19). The molecular weight excluding hydrogens is 286 g/mol. The summed E-state index contributed by atoms with van der Waals surface area (Å²) in [7, 11) is 1.59. The van der Waals surface area contributed by atoms with Crippen molar-refractivity contribution in [2.24, 2.45) is 5.92 Å². The van der Waals surface area contributed by atoms with Crippen LogP contribution in [0.4, 0.5) is 0 Å². The molecule has 6 nitrogen and oxygen atoms in total. The zero-order valence-corrected chi connectivity index (χ0v) is 12.9. The lowest BCUT2D eigenvalue weighted by Gasteiger charge is -2.05. The average molecular weight is 305 g/mol. The van der Waals surface area contributed by atoms with E-state index < -0.39 is 0 Å². The molecule has 0 aromatic carbocycles. The summed E-state index contributed by atoms with van der Waals surface area (Å²) in [6.45, 7) is 0. The number of nitrogens with one attached hydrogen (secondary N) is 1. The first kappa shape index (κ1) is 14.3. The van der Waals surface area contributed by atoms with Gasteiger partial charge in [0.15, 0.2) is 5.16 Å². The quantitative estimate of drug-likeness (QED) is 0.827. The zero-order valence-electron chi connectivity index (χ0n) is 12.1. The van der Waals surface area contributed by atoms with Crippen LogP contribution in [0.25, 0.3) is 0 Å². The second-order valence-electron chi connectivity index (χ2n) is 5.24. The molecule has 21 heavy (non-hydrogen) atoms. The maximum Gasteiger partial charge on any atom is 0.217 e. The molecule has 2 aromatic heterocycles. The lowest BCUT2D eigenvalue weighted by Crippen LogP contribution is -1.97. The Hall–Kier alpha value is -1.63. The Morgan fingerprint density at radius 1 is 1.29 bits per heavy atom. The van der Waals surface area contributed by atoms with E-state index in [9.17, 15) is 0 Å². The van der Waals surface area contributed by atoms with Gasteiger partial charge in [0.2, 0.25) is 11.0 Å². The van der Waals surface area contributed by atoms with Gasteiger partial charge in [-0.25, -0.2) is 9.97 Å². The topological polar surface area (TPSA) is 76.6 Å². The number of aromatic amines is 1. The molecule has 0 amide bonds. The van der Waals surface area contributed by atoms with Crippen LogP contribution in [0.3, 0.4) is 0 Å². The van der Waals surface area contributed by atoms with Gasteiger partial charge in [0, 0.05) is 18.7 Å². The number of ether oxygens (including phenoxy) is 1. The molecule has 1 aliphatic carbocycles. The van der Waals surface area contributed by atoms with E-state index >= 15 is 0 Å². The molecule has 0 bridgehead atoms. The van der Waals surface area contributed by atoms with Crippen molar-refractivity contribution in [3.05, 3.63) is 18.1 Å². The predicted molar refractivity (Wildman–Crippen MR) is 79.4 cm³/mol. The van der Waals surface area contributed by atoms with Crippen LogP contribution < -0.4 is 4.74 Å². The van der Waals surface area contributed by atoms with Gasteiger partial charge >= 0.3 is 0 Å². The largest absolute Gasteiger partial charge is 0.481 e. The van der Waals surface area contributed by atoms with E-state index in [-0.39, 0.29) is 0 Å². The lowest BCUT2D eigenvalue weighted by atomic mass is 10.0. The molecule has 1 aliphatic rings. The molecule has 112 valence electrons. The monoisotopic (exact) mass is 305 g/mol. The molecule has 0 spiro atoms. The van der Waals surface area contributed by atoms with Gasteiger partial charge in [-0.3, -0.25) is 5.10 Å². The molecule has 0 radical (unpaired) electrons. The number of rotatable bonds is 6. The fraction of sp³-hybridized carbons (Fsp3) is 0.571. The van der Waals surface area contributed by atoms with Crippen LogP contribution in [0, 0.1) is 5.92 Å². The first-order valence-corrected chi connectivity index (χ1v) is 8.11. The molecule has 1 N–H and O–H groups in total. The first-order valence-electron chi connectivity index (χ1n) is 7.29. The second-order valence-corrected chi connectivity index (χ2v) is 6.17. The Morgan fingerprint density at radius 2 is 2.14 bits per heavy atom. The van der Waals surface area contributed by atoms with Gasteiger partial charge < -0.3 is 4.74 Å². The Balaban J connectivity index is 1.56. The number of nitrogens with zero attached hydrogens (tertiary/aromatic N) is 4. The molecule has 3 rings (SSSR count). The van der Waals surface area contributed by atoms with Gasteiger partial charge in [-0.15, -0.1) is 5.10 Å². The highest BCUT2D eigenvalue weighted by molar-refractivity contribution is 7.99.